The van der Waals surface area contributed by atoms with Gasteiger partial charge in [-0.1, -0.05) is 18.2 Å². The van der Waals surface area contributed by atoms with E-state index >= 15 is 0 Å². The molecule has 7 heteroatoms. The number of para-hydroxylation sites is 1. The molecule has 2 aromatic rings. The van der Waals surface area contributed by atoms with Gasteiger partial charge in [-0.05, 0) is 12.1 Å². The van der Waals surface area contributed by atoms with Crippen molar-refractivity contribution in [3.63, 3.8) is 0 Å². The normalized spacial score (nSPS) is 11.2. The lowest BCUT2D eigenvalue weighted by Crippen LogP contribution is -2.23. The highest BCUT2D eigenvalue weighted by Crippen LogP contribution is 2.18. The lowest BCUT2D eigenvalue weighted by Gasteiger charge is -2.10. The molecule has 0 aliphatic rings. The molecule has 0 saturated heterocycles. The third-order valence-corrected chi connectivity index (χ3v) is 4.06. The second-order valence-corrected chi connectivity index (χ2v) is 5.86. The van der Waals surface area contributed by atoms with Crippen LogP contribution >= 0.6 is 0 Å². The molecule has 0 bridgehead atoms. The number of nitrogens with two attached hydrogens (primary N) is 1. The Balaban J connectivity index is 2.17. The fraction of sp³-hybridized carbons (Fsp3) is 0.154. The maximum Gasteiger partial charge on any atom is 0.242 e. The summed E-state index contributed by atoms with van der Waals surface area (Å²) in [6.45, 7) is 0.126. The number of nitrogens with zero attached hydrogens (tertiary/aromatic N) is 1. The van der Waals surface area contributed by atoms with Crippen molar-refractivity contribution in [2.45, 2.75) is 11.4 Å². The molecule has 0 aliphatic carbocycles. The number of benzene rings is 1. The SMILES string of the molecule is COc1ccccc1CNS(=O)(=O)c1cncc(N)c1. The maximum atomic E-state index is 12.1. The second-order valence-electron chi connectivity index (χ2n) is 4.09. The number of pyridine rings is 1. The number of hydrogen-bond donors (Lipinski definition) is 2. The molecule has 0 spiro atoms. The second kappa shape index (κ2) is 5.89. The van der Waals surface area contributed by atoms with E-state index < -0.39 is 10.0 Å². The number of nitrogen functional groups attached to an aromatic ring is 1. The summed E-state index contributed by atoms with van der Waals surface area (Å²) in [7, 11) is -2.12. The molecular weight excluding hydrogens is 278 g/mol. The standard InChI is InChI=1S/C13H15N3O3S/c1-19-13-5-3-2-4-10(13)7-16-20(17,18)12-6-11(14)8-15-9-12/h2-6,8-9,16H,7,14H2,1H3. The van der Waals surface area contributed by atoms with Crippen LogP contribution in [0.5, 0.6) is 5.75 Å². The monoisotopic (exact) mass is 293 g/mol. The van der Waals surface area contributed by atoms with Crippen LogP contribution in [0.2, 0.25) is 0 Å². The molecule has 0 atom stereocenters. The van der Waals surface area contributed by atoms with E-state index in [-0.39, 0.29) is 11.4 Å². The largest absolute Gasteiger partial charge is 0.496 e. The minimum atomic E-state index is -3.65. The van der Waals surface area contributed by atoms with Crippen LogP contribution < -0.4 is 15.2 Å². The Bertz CT molecular complexity index is 702. The first-order valence-electron chi connectivity index (χ1n) is 5.85. The van der Waals surface area contributed by atoms with Gasteiger partial charge in [0, 0.05) is 24.5 Å². The molecule has 0 unspecified atom stereocenters. The number of ether oxygens (including phenoxy) is 1. The van der Waals surface area contributed by atoms with Gasteiger partial charge in [0.15, 0.2) is 0 Å². The van der Waals surface area contributed by atoms with Crippen LogP contribution in [0.25, 0.3) is 0 Å². The van der Waals surface area contributed by atoms with Crippen LogP contribution in [0.15, 0.2) is 47.6 Å². The summed E-state index contributed by atoms with van der Waals surface area (Å²) >= 11 is 0. The Labute approximate surface area is 117 Å². The van der Waals surface area contributed by atoms with E-state index in [1.54, 1.807) is 12.1 Å². The lowest BCUT2D eigenvalue weighted by molar-refractivity contribution is 0.409. The van der Waals surface area contributed by atoms with Crippen molar-refractivity contribution in [1.29, 1.82) is 0 Å². The van der Waals surface area contributed by atoms with Gasteiger partial charge < -0.3 is 10.5 Å². The maximum absolute atomic E-state index is 12.1. The molecule has 3 N–H and O–H groups in total. The molecule has 1 heterocycles. The van der Waals surface area contributed by atoms with Crippen LogP contribution in [0.4, 0.5) is 5.69 Å². The Morgan fingerprint density at radius 1 is 1.30 bits per heavy atom. The number of rotatable bonds is 5. The van der Waals surface area contributed by atoms with E-state index in [2.05, 4.69) is 9.71 Å². The summed E-state index contributed by atoms with van der Waals surface area (Å²) in [5.41, 5.74) is 6.58. The van der Waals surface area contributed by atoms with Crippen molar-refractivity contribution in [2.24, 2.45) is 0 Å². The summed E-state index contributed by atoms with van der Waals surface area (Å²) in [4.78, 5) is 3.80. The minimum Gasteiger partial charge on any atom is -0.496 e. The average Bonchev–Trinajstić information content (AvgIpc) is 2.45. The summed E-state index contributed by atoms with van der Waals surface area (Å²) in [6.07, 6.45) is 2.64. The smallest absolute Gasteiger partial charge is 0.242 e. The molecule has 1 aromatic heterocycles. The number of aromatic nitrogens is 1. The highest BCUT2D eigenvalue weighted by atomic mass is 32.2. The number of methoxy groups -OCH3 is 1. The van der Waals surface area contributed by atoms with E-state index in [4.69, 9.17) is 10.5 Å². The number of anilines is 1. The number of hydrogen-bond acceptors (Lipinski definition) is 5. The summed E-state index contributed by atoms with van der Waals surface area (Å²) in [5.74, 6) is 0.626. The van der Waals surface area contributed by atoms with E-state index in [9.17, 15) is 8.42 Å². The first kappa shape index (κ1) is 14.3. The molecule has 0 amide bonds. The lowest BCUT2D eigenvalue weighted by atomic mass is 10.2. The van der Waals surface area contributed by atoms with Gasteiger partial charge in [-0.2, -0.15) is 0 Å². The molecule has 0 radical (unpaired) electrons. The molecule has 0 fully saturated rings. The Kier molecular flexibility index (Phi) is 4.21. The van der Waals surface area contributed by atoms with Gasteiger partial charge in [0.1, 0.15) is 10.6 Å². The summed E-state index contributed by atoms with van der Waals surface area (Å²) < 4.78 is 31.9. The quantitative estimate of drug-likeness (QED) is 0.862. The van der Waals surface area contributed by atoms with Crippen LogP contribution in [-0.4, -0.2) is 20.5 Å². The van der Waals surface area contributed by atoms with Gasteiger partial charge in [-0.3, -0.25) is 4.98 Å². The van der Waals surface area contributed by atoms with E-state index in [0.717, 1.165) is 5.56 Å². The molecule has 0 saturated carbocycles. The third kappa shape index (κ3) is 3.25. The van der Waals surface area contributed by atoms with Crippen molar-refractivity contribution < 1.29 is 13.2 Å². The van der Waals surface area contributed by atoms with Gasteiger partial charge in [0.05, 0.1) is 12.8 Å². The zero-order valence-corrected chi connectivity index (χ0v) is 11.7. The molecular formula is C13H15N3O3S. The fourth-order valence-corrected chi connectivity index (χ4v) is 2.69. The van der Waals surface area contributed by atoms with Crippen LogP contribution in [0, 0.1) is 0 Å². The van der Waals surface area contributed by atoms with Crippen LogP contribution in [0.1, 0.15) is 5.56 Å². The van der Waals surface area contributed by atoms with E-state index in [1.165, 1.54) is 25.6 Å². The zero-order chi connectivity index (χ0) is 14.6. The van der Waals surface area contributed by atoms with Crippen molar-refractivity contribution in [3.8, 4) is 5.75 Å². The first-order chi connectivity index (χ1) is 9.53. The topological polar surface area (TPSA) is 94.3 Å². The van der Waals surface area contributed by atoms with E-state index in [0.29, 0.717) is 11.4 Å². The summed E-state index contributed by atoms with van der Waals surface area (Å²) in [6, 6.07) is 8.55. The predicted octanol–water partition coefficient (Wildman–Crippen LogP) is 1.15. The highest BCUT2D eigenvalue weighted by molar-refractivity contribution is 7.89. The molecule has 6 nitrogen and oxygen atoms in total. The van der Waals surface area contributed by atoms with Crippen molar-refractivity contribution >= 4 is 15.7 Å². The Hall–Kier alpha value is -2.12. The predicted molar refractivity (Wildman–Crippen MR) is 75.7 cm³/mol. The molecule has 0 aliphatic heterocycles. The highest BCUT2D eigenvalue weighted by Gasteiger charge is 2.15. The van der Waals surface area contributed by atoms with Crippen molar-refractivity contribution in [2.75, 3.05) is 12.8 Å². The van der Waals surface area contributed by atoms with Gasteiger partial charge >= 0.3 is 0 Å². The minimum absolute atomic E-state index is 0.0346. The first-order valence-corrected chi connectivity index (χ1v) is 7.33. The van der Waals surface area contributed by atoms with E-state index in [1.807, 2.05) is 12.1 Å². The van der Waals surface area contributed by atoms with Gasteiger partial charge in [0.25, 0.3) is 0 Å². The zero-order valence-electron chi connectivity index (χ0n) is 10.9. The fourth-order valence-electron chi connectivity index (χ4n) is 1.69. The van der Waals surface area contributed by atoms with Gasteiger partial charge in [0.2, 0.25) is 10.0 Å². The average molecular weight is 293 g/mol. The van der Waals surface area contributed by atoms with Gasteiger partial charge in [-0.25, -0.2) is 13.1 Å². The Morgan fingerprint density at radius 2 is 2.05 bits per heavy atom. The number of nitrogens with one attached hydrogen (secondary N) is 1. The van der Waals surface area contributed by atoms with Crippen LogP contribution in [-0.2, 0) is 16.6 Å². The van der Waals surface area contributed by atoms with Gasteiger partial charge in [-0.15, -0.1) is 0 Å². The molecule has 1 aromatic carbocycles. The molecule has 106 valence electrons. The van der Waals surface area contributed by atoms with Crippen LogP contribution in [0.3, 0.4) is 0 Å². The van der Waals surface area contributed by atoms with Crippen molar-refractivity contribution in [1.82, 2.24) is 9.71 Å². The number of sulfonamides is 1. The Morgan fingerprint density at radius 3 is 2.75 bits per heavy atom. The summed E-state index contributed by atoms with van der Waals surface area (Å²) in [5, 5.41) is 0. The molecule has 20 heavy (non-hydrogen) atoms. The van der Waals surface area contributed by atoms with Crippen molar-refractivity contribution in [3.05, 3.63) is 48.3 Å². The molecule has 2 rings (SSSR count). The third-order valence-electron chi connectivity index (χ3n) is 2.69.